The van der Waals surface area contributed by atoms with E-state index in [4.69, 9.17) is 14.2 Å². The average Bonchev–Trinajstić information content (AvgIpc) is 3.34. The van der Waals surface area contributed by atoms with Gasteiger partial charge in [0.15, 0.2) is 0 Å². The lowest BCUT2D eigenvalue weighted by atomic mass is 9.77. The molecule has 5 atom stereocenters. The molecule has 6 nitrogen and oxygen atoms in total. The van der Waals surface area contributed by atoms with Crippen LogP contribution in [-0.2, 0) is 19.0 Å². The zero-order chi connectivity index (χ0) is 24.6. The van der Waals surface area contributed by atoms with E-state index in [1.54, 1.807) is 60.7 Å². The van der Waals surface area contributed by atoms with Crippen LogP contribution < -0.4 is 0 Å². The summed E-state index contributed by atoms with van der Waals surface area (Å²) < 4.78 is 17.6. The molecule has 0 radical (unpaired) electrons. The highest BCUT2D eigenvalue weighted by Gasteiger charge is 2.65. The van der Waals surface area contributed by atoms with Gasteiger partial charge in [-0.25, -0.2) is 14.4 Å². The molecule has 180 valence electrons. The average molecular weight is 473 g/mol. The SMILES string of the molecule is C=C1CC[C@H]2C(=C)CC[C@@H]3[C@H](OC(=O)[C@@]3(COC(=O)c3ccccc3)OC(=O)c3ccccc3)[C@@H]12. The summed E-state index contributed by atoms with van der Waals surface area (Å²) in [6, 6.07) is 17.0. The Morgan fingerprint density at radius 3 is 2.14 bits per heavy atom. The van der Waals surface area contributed by atoms with Gasteiger partial charge in [-0.3, -0.25) is 0 Å². The van der Waals surface area contributed by atoms with Crippen LogP contribution in [0.25, 0.3) is 0 Å². The minimum Gasteiger partial charge on any atom is -0.458 e. The number of benzene rings is 2. The Morgan fingerprint density at radius 2 is 1.49 bits per heavy atom. The van der Waals surface area contributed by atoms with Gasteiger partial charge in [0, 0.05) is 5.92 Å². The van der Waals surface area contributed by atoms with Crippen molar-refractivity contribution in [1.82, 2.24) is 0 Å². The number of allylic oxidation sites excluding steroid dienone is 1. The molecule has 0 spiro atoms. The van der Waals surface area contributed by atoms with E-state index in [2.05, 4.69) is 13.2 Å². The molecular formula is C29H28O6. The number of carbonyl (C=O) groups excluding carboxylic acids is 3. The van der Waals surface area contributed by atoms with Crippen molar-refractivity contribution in [3.8, 4) is 0 Å². The zero-order valence-electron chi connectivity index (χ0n) is 19.5. The van der Waals surface area contributed by atoms with E-state index in [0.29, 0.717) is 24.0 Å². The summed E-state index contributed by atoms with van der Waals surface area (Å²) in [5.74, 6) is -2.34. The van der Waals surface area contributed by atoms with E-state index in [9.17, 15) is 14.4 Å². The smallest absolute Gasteiger partial charge is 0.355 e. The van der Waals surface area contributed by atoms with Crippen molar-refractivity contribution < 1.29 is 28.6 Å². The lowest BCUT2D eigenvalue weighted by Gasteiger charge is -2.32. The van der Waals surface area contributed by atoms with E-state index in [0.717, 1.165) is 24.0 Å². The lowest BCUT2D eigenvalue weighted by molar-refractivity contribution is -0.160. The number of ether oxygens (including phenoxy) is 3. The third-order valence-corrected chi connectivity index (χ3v) is 7.63. The number of fused-ring (bicyclic) bond motifs is 3. The molecule has 0 N–H and O–H groups in total. The zero-order valence-corrected chi connectivity index (χ0v) is 19.5. The Hall–Kier alpha value is -3.67. The van der Waals surface area contributed by atoms with Crippen LogP contribution in [0.5, 0.6) is 0 Å². The monoisotopic (exact) mass is 472 g/mol. The molecule has 2 aromatic rings. The summed E-state index contributed by atoms with van der Waals surface area (Å²) in [7, 11) is 0. The molecule has 2 aliphatic carbocycles. The van der Waals surface area contributed by atoms with Crippen molar-refractivity contribution >= 4 is 17.9 Å². The number of rotatable bonds is 5. The summed E-state index contributed by atoms with van der Waals surface area (Å²) >= 11 is 0. The Labute approximate surface area is 204 Å². The molecular weight excluding hydrogens is 444 g/mol. The Bertz CT molecular complexity index is 1170. The fourth-order valence-corrected chi connectivity index (χ4v) is 5.80. The van der Waals surface area contributed by atoms with Gasteiger partial charge >= 0.3 is 17.9 Å². The number of hydrogen-bond donors (Lipinski definition) is 0. The summed E-state index contributed by atoms with van der Waals surface area (Å²) in [5, 5.41) is 0. The molecule has 3 fully saturated rings. The van der Waals surface area contributed by atoms with Gasteiger partial charge in [-0.15, -0.1) is 0 Å². The van der Waals surface area contributed by atoms with E-state index in [1.807, 2.05) is 0 Å². The molecule has 0 bridgehead atoms. The van der Waals surface area contributed by atoms with Gasteiger partial charge < -0.3 is 14.2 Å². The van der Waals surface area contributed by atoms with Gasteiger partial charge in [0.2, 0.25) is 5.60 Å². The highest BCUT2D eigenvalue weighted by molar-refractivity contribution is 5.94. The van der Waals surface area contributed by atoms with Crippen LogP contribution in [0.2, 0.25) is 0 Å². The first-order valence-corrected chi connectivity index (χ1v) is 12.0. The van der Waals surface area contributed by atoms with Crippen LogP contribution >= 0.6 is 0 Å². The number of hydrogen-bond acceptors (Lipinski definition) is 6. The second-order valence-corrected chi connectivity index (χ2v) is 9.59. The third-order valence-electron chi connectivity index (χ3n) is 7.63. The second kappa shape index (κ2) is 9.17. The summed E-state index contributed by atoms with van der Waals surface area (Å²) in [6.07, 6.45) is 2.45. The fraction of sp³-hybridized carbons (Fsp3) is 0.345. The van der Waals surface area contributed by atoms with Gasteiger partial charge in [-0.05, 0) is 55.9 Å². The molecule has 1 saturated heterocycles. The van der Waals surface area contributed by atoms with Crippen LogP contribution in [0.4, 0.5) is 0 Å². The molecule has 1 aliphatic heterocycles. The minimum atomic E-state index is -1.75. The van der Waals surface area contributed by atoms with Crippen molar-refractivity contribution in [2.45, 2.75) is 37.4 Å². The van der Waals surface area contributed by atoms with Crippen molar-refractivity contribution in [1.29, 1.82) is 0 Å². The maximum Gasteiger partial charge on any atom is 0.355 e. The molecule has 2 saturated carbocycles. The molecule has 0 amide bonds. The maximum absolute atomic E-state index is 13.5. The fourth-order valence-electron chi connectivity index (χ4n) is 5.80. The predicted molar refractivity (Wildman–Crippen MR) is 128 cm³/mol. The van der Waals surface area contributed by atoms with Crippen molar-refractivity contribution in [2.24, 2.45) is 17.8 Å². The van der Waals surface area contributed by atoms with Gasteiger partial charge in [-0.1, -0.05) is 60.7 Å². The van der Waals surface area contributed by atoms with Gasteiger partial charge in [-0.2, -0.15) is 0 Å². The highest BCUT2D eigenvalue weighted by Crippen LogP contribution is 2.54. The van der Waals surface area contributed by atoms with E-state index in [-0.39, 0.29) is 11.8 Å². The summed E-state index contributed by atoms with van der Waals surface area (Å²) in [5.41, 5.74) is 1.02. The molecule has 0 aromatic heterocycles. The Kier molecular flexibility index (Phi) is 6.05. The van der Waals surface area contributed by atoms with Crippen molar-refractivity contribution in [3.05, 3.63) is 96.1 Å². The standard InChI is InChI=1S/C29H28O6/c1-18-14-16-23-25(24-19(2)13-15-22(18)24)34-28(32)29(23,35-27(31)21-11-7-4-8-12-21)17-33-26(30)20-9-5-3-6-10-20/h3-12,22-25H,1-2,13-17H2/t22-,23+,24-,25-,29-/m0/s1. The molecule has 1 heterocycles. The van der Waals surface area contributed by atoms with Crippen molar-refractivity contribution in [3.63, 3.8) is 0 Å². The molecule has 2 aromatic carbocycles. The summed E-state index contributed by atoms with van der Waals surface area (Å²) in [6.45, 7) is 8.12. The van der Waals surface area contributed by atoms with E-state index >= 15 is 0 Å². The van der Waals surface area contributed by atoms with Crippen LogP contribution in [0.1, 0.15) is 46.4 Å². The van der Waals surface area contributed by atoms with Crippen LogP contribution in [-0.4, -0.2) is 36.2 Å². The van der Waals surface area contributed by atoms with Gasteiger partial charge in [0.1, 0.15) is 12.7 Å². The van der Waals surface area contributed by atoms with E-state index < -0.39 is 42.1 Å². The second-order valence-electron chi connectivity index (χ2n) is 9.59. The lowest BCUT2D eigenvalue weighted by Crippen LogP contribution is -2.51. The van der Waals surface area contributed by atoms with Gasteiger partial charge in [0.25, 0.3) is 0 Å². The molecule has 6 heteroatoms. The largest absolute Gasteiger partial charge is 0.458 e. The molecule has 0 unspecified atom stereocenters. The van der Waals surface area contributed by atoms with Crippen LogP contribution in [0.15, 0.2) is 85.0 Å². The van der Waals surface area contributed by atoms with Crippen LogP contribution in [0, 0.1) is 17.8 Å². The maximum atomic E-state index is 13.5. The minimum absolute atomic E-state index is 0.0823. The molecule has 35 heavy (non-hydrogen) atoms. The normalized spacial score (nSPS) is 29.5. The third kappa shape index (κ3) is 4.07. The molecule has 5 rings (SSSR count). The van der Waals surface area contributed by atoms with Gasteiger partial charge in [0.05, 0.1) is 17.0 Å². The first-order chi connectivity index (χ1) is 16.9. The van der Waals surface area contributed by atoms with Crippen molar-refractivity contribution in [2.75, 3.05) is 6.61 Å². The molecule has 3 aliphatic rings. The highest BCUT2D eigenvalue weighted by atomic mass is 16.6. The number of esters is 3. The first-order valence-electron chi connectivity index (χ1n) is 12.0. The Balaban J connectivity index is 1.50. The first kappa shape index (κ1) is 23.1. The topological polar surface area (TPSA) is 78.9 Å². The summed E-state index contributed by atoms with van der Waals surface area (Å²) in [4.78, 5) is 39.5. The van der Waals surface area contributed by atoms with Crippen LogP contribution in [0.3, 0.4) is 0 Å². The number of carbonyl (C=O) groups is 3. The van der Waals surface area contributed by atoms with E-state index in [1.165, 1.54) is 0 Å². The quantitative estimate of drug-likeness (QED) is 0.349. The predicted octanol–water partition coefficient (Wildman–Crippen LogP) is 4.91. The Morgan fingerprint density at radius 1 is 0.886 bits per heavy atom.